The fourth-order valence-electron chi connectivity index (χ4n) is 2.86. The lowest BCUT2D eigenvalue weighted by Gasteiger charge is -2.19. The maximum atomic E-state index is 12.1. The average molecular weight is 393 g/mol. The largest absolute Gasteiger partial charge is 0.368 e. The molecule has 0 radical (unpaired) electrons. The second-order valence-electron chi connectivity index (χ2n) is 7.88. The fraction of sp³-hybridized carbons (Fsp3) is 0.318. The summed E-state index contributed by atoms with van der Waals surface area (Å²) in [5, 5.41) is 8.92. The summed E-state index contributed by atoms with van der Waals surface area (Å²) in [6.45, 7) is 9.36. The summed E-state index contributed by atoms with van der Waals surface area (Å²) in [5.74, 6) is 2.21. The third kappa shape index (κ3) is 5.81. The highest BCUT2D eigenvalue weighted by atomic mass is 16.2. The van der Waals surface area contributed by atoms with Crippen LogP contribution >= 0.6 is 0 Å². The van der Waals surface area contributed by atoms with Crippen molar-refractivity contribution in [2.24, 2.45) is 0 Å². The molecule has 3 N–H and O–H groups in total. The number of urea groups is 1. The first-order valence-corrected chi connectivity index (χ1v) is 9.69. The molecule has 2 heterocycles. The minimum atomic E-state index is -0.234. The Morgan fingerprint density at radius 2 is 1.72 bits per heavy atom. The summed E-state index contributed by atoms with van der Waals surface area (Å²) in [5.41, 5.74) is 2.09. The number of hydrogen-bond acceptors (Lipinski definition) is 4. The van der Waals surface area contributed by atoms with Gasteiger partial charge in [0.15, 0.2) is 0 Å². The third-order valence-corrected chi connectivity index (χ3v) is 4.42. The molecule has 29 heavy (non-hydrogen) atoms. The molecule has 152 valence electrons. The van der Waals surface area contributed by atoms with Crippen LogP contribution in [0, 0.1) is 6.92 Å². The Kier molecular flexibility index (Phi) is 6.16. The topological polar surface area (TPSA) is 83.9 Å². The van der Waals surface area contributed by atoms with Gasteiger partial charge >= 0.3 is 6.03 Å². The highest BCUT2D eigenvalue weighted by molar-refractivity contribution is 5.89. The second-order valence-corrected chi connectivity index (χ2v) is 7.88. The Morgan fingerprint density at radius 1 is 1.03 bits per heavy atom. The number of nitrogens with zero attached hydrogens (tertiary/aromatic N) is 3. The van der Waals surface area contributed by atoms with Crippen molar-refractivity contribution in [1.82, 2.24) is 19.9 Å². The van der Waals surface area contributed by atoms with Crippen LogP contribution in [0.5, 0.6) is 0 Å². The first-order valence-electron chi connectivity index (χ1n) is 9.69. The first kappa shape index (κ1) is 20.4. The molecule has 0 unspecified atom stereocenters. The molecular formula is C22H28N6O. The molecule has 2 aromatic heterocycles. The number of carbonyl (C=O) groups excluding carboxylic acids is 1. The quantitative estimate of drug-likeness (QED) is 0.551. The van der Waals surface area contributed by atoms with E-state index in [1.165, 1.54) is 5.56 Å². The molecule has 0 atom stereocenters. The maximum Gasteiger partial charge on any atom is 0.319 e. The van der Waals surface area contributed by atoms with Crippen LogP contribution in [-0.2, 0) is 5.41 Å². The highest BCUT2D eigenvalue weighted by Gasteiger charge is 2.13. The van der Waals surface area contributed by atoms with Gasteiger partial charge in [-0.1, -0.05) is 32.9 Å². The number of rotatable bonds is 6. The summed E-state index contributed by atoms with van der Waals surface area (Å²) < 4.78 is 1.93. The smallest absolute Gasteiger partial charge is 0.319 e. The van der Waals surface area contributed by atoms with E-state index in [2.05, 4.69) is 46.7 Å². The van der Waals surface area contributed by atoms with Gasteiger partial charge in [0.25, 0.3) is 0 Å². The normalized spacial score (nSPS) is 11.2. The zero-order chi connectivity index (χ0) is 20.9. The highest BCUT2D eigenvalue weighted by Crippen LogP contribution is 2.23. The molecule has 0 aliphatic carbocycles. The van der Waals surface area contributed by atoms with Crippen molar-refractivity contribution in [3.05, 3.63) is 66.2 Å². The molecule has 0 spiro atoms. The van der Waals surface area contributed by atoms with E-state index in [9.17, 15) is 4.79 Å². The number of hydrogen-bond donors (Lipinski definition) is 3. The van der Waals surface area contributed by atoms with Crippen molar-refractivity contribution in [2.45, 2.75) is 33.1 Å². The van der Waals surface area contributed by atoms with E-state index in [4.69, 9.17) is 0 Å². The molecule has 7 nitrogen and oxygen atoms in total. The van der Waals surface area contributed by atoms with E-state index in [1.807, 2.05) is 66.3 Å². The SMILES string of the molecule is Cc1nc(NCCNC(=O)Nc2ccc(C(C)(C)C)cc2)cc(-n2cccc2)n1. The van der Waals surface area contributed by atoms with E-state index in [0.717, 1.165) is 17.3 Å². The van der Waals surface area contributed by atoms with Gasteiger partial charge in [-0.2, -0.15) is 0 Å². The summed E-state index contributed by atoms with van der Waals surface area (Å²) in [6.07, 6.45) is 3.87. The van der Waals surface area contributed by atoms with Crippen molar-refractivity contribution in [2.75, 3.05) is 23.7 Å². The summed E-state index contributed by atoms with van der Waals surface area (Å²) in [4.78, 5) is 20.9. The van der Waals surface area contributed by atoms with Gasteiger partial charge in [-0.15, -0.1) is 0 Å². The number of aromatic nitrogens is 3. The second kappa shape index (κ2) is 8.77. The maximum absolute atomic E-state index is 12.1. The van der Waals surface area contributed by atoms with E-state index in [0.29, 0.717) is 18.9 Å². The predicted molar refractivity (Wildman–Crippen MR) is 117 cm³/mol. The Labute approximate surface area is 171 Å². The number of nitrogens with one attached hydrogen (secondary N) is 3. The van der Waals surface area contributed by atoms with Crippen molar-refractivity contribution < 1.29 is 4.79 Å². The fourth-order valence-corrected chi connectivity index (χ4v) is 2.86. The van der Waals surface area contributed by atoms with Crippen LogP contribution < -0.4 is 16.0 Å². The van der Waals surface area contributed by atoms with Crippen molar-refractivity contribution in [1.29, 1.82) is 0 Å². The summed E-state index contributed by atoms with van der Waals surface area (Å²) in [6, 6.07) is 13.5. The monoisotopic (exact) mass is 392 g/mol. The van der Waals surface area contributed by atoms with Crippen LogP contribution in [0.4, 0.5) is 16.3 Å². The molecule has 1 aromatic carbocycles. The number of carbonyl (C=O) groups is 1. The van der Waals surface area contributed by atoms with Crippen LogP contribution in [0.15, 0.2) is 54.9 Å². The van der Waals surface area contributed by atoms with Gasteiger partial charge in [-0.25, -0.2) is 14.8 Å². The third-order valence-electron chi connectivity index (χ3n) is 4.42. The minimum absolute atomic E-state index is 0.0903. The Morgan fingerprint density at radius 3 is 2.38 bits per heavy atom. The lowest BCUT2D eigenvalue weighted by molar-refractivity contribution is 0.252. The Bertz CT molecular complexity index is 942. The summed E-state index contributed by atoms with van der Waals surface area (Å²) in [7, 11) is 0. The van der Waals surface area contributed by atoms with Crippen LogP contribution in [0.25, 0.3) is 5.82 Å². The number of benzene rings is 1. The van der Waals surface area contributed by atoms with Crippen LogP contribution in [0.3, 0.4) is 0 Å². The number of aryl methyl sites for hydroxylation is 1. The molecular weight excluding hydrogens is 364 g/mol. The van der Waals surface area contributed by atoms with Crippen LogP contribution in [0.2, 0.25) is 0 Å². The Hall–Kier alpha value is -3.35. The van der Waals surface area contributed by atoms with Crippen molar-refractivity contribution in [3.63, 3.8) is 0 Å². The molecule has 0 aliphatic rings. The van der Waals surface area contributed by atoms with Gasteiger partial charge in [0, 0.05) is 37.2 Å². The Balaban J connectivity index is 1.46. The lowest BCUT2D eigenvalue weighted by Crippen LogP contribution is -2.32. The van der Waals surface area contributed by atoms with Crippen molar-refractivity contribution >= 4 is 17.5 Å². The molecule has 0 aliphatic heterocycles. The number of amides is 2. The van der Waals surface area contributed by atoms with Gasteiger partial charge < -0.3 is 20.5 Å². The minimum Gasteiger partial charge on any atom is -0.368 e. The molecule has 3 aromatic rings. The van der Waals surface area contributed by atoms with E-state index in [1.54, 1.807) is 0 Å². The molecule has 3 rings (SSSR count). The number of anilines is 2. The van der Waals surface area contributed by atoms with E-state index >= 15 is 0 Å². The van der Waals surface area contributed by atoms with E-state index < -0.39 is 0 Å². The molecule has 0 saturated carbocycles. The first-order chi connectivity index (χ1) is 13.8. The molecule has 2 amide bonds. The van der Waals surface area contributed by atoms with Gasteiger partial charge in [0.2, 0.25) is 0 Å². The zero-order valence-corrected chi connectivity index (χ0v) is 17.4. The average Bonchev–Trinajstić information content (AvgIpc) is 3.19. The van der Waals surface area contributed by atoms with Crippen LogP contribution in [0.1, 0.15) is 32.2 Å². The molecule has 0 fully saturated rings. The molecule has 0 bridgehead atoms. The lowest BCUT2D eigenvalue weighted by atomic mass is 9.87. The van der Waals surface area contributed by atoms with Gasteiger partial charge in [0.05, 0.1) is 0 Å². The molecule has 7 heteroatoms. The molecule has 0 saturated heterocycles. The van der Waals surface area contributed by atoms with Gasteiger partial charge in [0.1, 0.15) is 17.5 Å². The van der Waals surface area contributed by atoms with E-state index in [-0.39, 0.29) is 11.4 Å². The zero-order valence-electron chi connectivity index (χ0n) is 17.4. The summed E-state index contributed by atoms with van der Waals surface area (Å²) >= 11 is 0. The van der Waals surface area contributed by atoms with Gasteiger partial charge in [-0.3, -0.25) is 0 Å². The standard InChI is InChI=1S/C22H28N6O/c1-16-25-19(15-20(26-16)28-13-5-6-14-28)23-11-12-24-21(29)27-18-9-7-17(8-10-18)22(2,3)4/h5-10,13-15H,11-12H2,1-4H3,(H,23,25,26)(H2,24,27,29). The van der Waals surface area contributed by atoms with Gasteiger partial charge in [-0.05, 0) is 42.2 Å². The van der Waals surface area contributed by atoms with Crippen molar-refractivity contribution in [3.8, 4) is 5.82 Å². The predicted octanol–water partition coefficient (Wildman–Crippen LogP) is 4.11. The van der Waals surface area contributed by atoms with Crippen LogP contribution in [-0.4, -0.2) is 33.7 Å².